The highest BCUT2D eigenvalue weighted by Crippen LogP contribution is 2.27. The van der Waals surface area contributed by atoms with E-state index in [9.17, 15) is 45.3 Å². The van der Waals surface area contributed by atoms with E-state index in [0.29, 0.717) is 12.8 Å². The maximum Gasteiger partial charge on any atom is 0.306 e. The number of carbonyl (C=O) groups excluding carboxylic acids is 2. The summed E-state index contributed by atoms with van der Waals surface area (Å²) in [6.45, 7) is 2.60. The van der Waals surface area contributed by atoms with Crippen molar-refractivity contribution in [1.82, 2.24) is 0 Å². The molecule has 0 aromatic carbocycles. The van der Waals surface area contributed by atoms with E-state index >= 15 is 0 Å². The van der Waals surface area contributed by atoms with Crippen molar-refractivity contribution in [1.29, 1.82) is 0 Å². The molecule has 11 unspecified atom stereocenters. The van der Waals surface area contributed by atoms with Gasteiger partial charge in [-0.15, -0.1) is 0 Å². The van der Waals surface area contributed by atoms with E-state index in [-0.39, 0.29) is 26.1 Å². The van der Waals surface area contributed by atoms with Gasteiger partial charge in [-0.05, 0) is 44.9 Å². The fourth-order valence-corrected chi connectivity index (χ4v) is 9.37. The van der Waals surface area contributed by atoms with Gasteiger partial charge in [0.05, 0.1) is 19.8 Å². The van der Waals surface area contributed by atoms with Crippen molar-refractivity contribution in [3.63, 3.8) is 0 Å². The smallest absolute Gasteiger partial charge is 0.306 e. The number of unbranched alkanes of at least 4 members (excludes halogenated alkanes) is 29. The first kappa shape index (κ1) is 67.1. The highest BCUT2D eigenvalue weighted by molar-refractivity contribution is 5.70. The van der Waals surface area contributed by atoms with E-state index in [4.69, 9.17) is 28.4 Å². The zero-order chi connectivity index (χ0) is 53.2. The topological polar surface area (TPSA) is 231 Å². The molecule has 0 spiro atoms. The van der Waals surface area contributed by atoms with Crippen molar-refractivity contribution in [2.75, 3.05) is 26.4 Å². The molecule has 0 aromatic heterocycles. The zero-order valence-corrected chi connectivity index (χ0v) is 45.6. The van der Waals surface area contributed by atoms with Gasteiger partial charge in [0.25, 0.3) is 0 Å². The van der Waals surface area contributed by atoms with Gasteiger partial charge < -0.3 is 64.2 Å². The molecule has 73 heavy (non-hydrogen) atoms. The van der Waals surface area contributed by atoms with E-state index in [0.717, 1.165) is 64.2 Å². The second kappa shape index (κ2) is 45.0. The monoisotopic (exact) mass is 1040 g/mol. The Hall–Kier alpha value is -2.02. The van der Waals surface area contributed by atoms with E-state index < -0.39 is 92.7 Å². The molecule has 2 fully saturated rings. The van der Waals surface area contributed by atoms with Gasteiger partial charge in [-0.3, -0.25) is 9.59 Å². The highest BCUT2D eigenvalue weighted by Gasteiger charge is 2.47. The SMILES string of the molecule is CCCCC/C=C\C/C=C\CCCCCCCCCC(=O)OC(COC(=O)CCCCCCCCCCCCCCCCCCCCCC)COC1OC(COC2OC(CO)C(O)C(O)C2O)C(O)C(O)C1O. The summed E-state index contributed by atoms with van der Waals surface area (Å²) in [5.41, 5.74) is 0. The minimum absolute atomic E-state index is 0.159. The second-order valence-electron chi connectivity index (χ2n) is 20.8. The summed E-state index contributed by atoms with van der Waals surface area (Å²) < 4.78 is 33.7. The molecule has 11 atom stereocenters. The lowest BCUT2D eigenvalue weighted by Gasteiger charge is -2.42. The molecule has 0 saturated carbocycles. The maximum atomic E-state index is 13.1. The number of hydrogen-bond acceptors (Lipinski definition) is 15. The number of esters is 2. The average Bonchev–Trinajstić information content (AvgIpc) is 3.38. The van der Waals surface area contributed by atoms with Crippen LogP contribution in [0.5, 0.6) is 0 Å². The normalized spacial score (nSPS) is 24.9. The van der Waals surface area contributed by atoms with E-state index in [1.165, 1.54) is 135 Å². The fourth-order valence-electron chi connectivity index (χ4n) is 9.37. The van der Waals surface area contributed by atoms with E-state index in [1.54, 1.807) is 0 Å². The Kier molecular flexibility index (Phi) is 41.4. The van der Waals surface area contributed by atoms with Crippen LogP contribution in [0.25, 0.3) is 0 Å². The Morgan fingerprint density at radius 3 is 1.30 bits per heavy atom. The molecule has 7 N–H and O–H groups in total. The largest absolute Gasteiger partial charge is 0.462 e. The highest BCUT2D eigenvalue weighted by atomic mass is 16.7. The second-order valence-corrected chi connectivity index (χ2v) is 20.8. The molecule has 2 heterocycles. The molecule has 0 radical (unpaired) electrons. The van der Waals surface area contributed by atoms with Gasteiger partial charge in [0.1, 0.15) is 55.4 Å². The molecule has 2 aliphatic rings. The number of ether oxygens (including phenoxy) is 6. The van der Waals surface area contributed by atoms with E-state index in [2.05, 4.69) is 38.2 Å². The molecule has 2 saturated heterocycles. The number of aliphatic hydroxyl groups is 7. The molecular formula is C58H106O15. The molecule has 0 aliphatic carbocycles. The summed E-state index contributed by atoms with van der Waals surface area (Å²) in [5.74, 6) is -0.921. The summed E-state index contributed by atoms with van der Waals surface area (Å²) in [6.07, 6.45) is 31.9. The quantitative estimate of drug-likeness (QED) is 0.0171. The third-order valence-electron chi connectivity index (χ3n) is 14.2. The van der Waals surface area contributed by atoms with Crippen LogP contribution in [0.4, 0.5) is 0 Å². The van der Waals surface area contributed by atoms with Gasteiger partial charge in [-0.2, -0.15) is 0 Å². The maximum absolute atomic E-state index is 13.1. The first-order valence-corrected chi connectivity index (χ1v) is 29.4. The van der Waals surface area contributed by atoms with Crippen LogP contribution in [-0.4, -0.2) is 142 Å². The van der Waals surface area contributed by atoms with Crippen LogP contribution in [0.3, 0.4) is 0 Å². The Morgan fingerprint density at radius 2 is 0.822 bits per heavy atom. The Balaban J connectivity index is 1.74. The molecule has 2 aliphatic heterocycles. The van der Waals surface area contributed by atoms with Gasteiger partial charge in [0, 0.05) is 12.8 Å². The van der Waals surface area contributed by atoms with E-state index in [1.807, 2.05) is 0 Å². The van der Waals surface area contributed by atoms with Crippen LogP contribution >= 0.6 is 0 Å². The fraction of sp³-hybridized carbons (Fsp3) is 0.897. The molecule has 0 bridgehead atoms. The number of carbonyl (C=O) groups is 2. The summed E-state index contributed by atoms with van der Waals surface area (Å²) in [6, 6.07) is 0. The summed E-state index contributed by atoms with van der Waals surface area (Å²) in [7, 11) is 0. The first-order chi connectivity index (χ1) is 35.5. The minimum Gasteiger partial charge on any atom is -0.462 e. The third kappa shape index (κ3) is 32.4. The third-order valence-corrected chi connectivity index (χ3v) is 14.2. The van der Waals surface area contributed by atoms with Crippen molar-refractivity contribution in [3.8, 4) is 0 Å². The van der Waals surface area contributed by atoms with Crippen molar-refractivity contribution in [2.45, 2.75) is 306 Å². The number of aliphatic hydroxyl groups excluding tert-OH is 7. The Labute approximate surface area is 441 Å². The molecule has 2 rings (SSSR count). The van der Waals surface area contributed by atoms with Crippen LogP contribution < -0.4 is 0 Å². The van der Waals surface area contributed by atoms with Gasteiger partial charge in [-0.1, -0.05) is 205 Å². The van der Waals surface area contributed by atoms with Crippen molar-refractivity contribution >= 4 is 11.9 Å². The Bertz CT molecular complexity index is 1360. The van der Waals surface area contributed by atoms with Crippen LogP contribution in [0.1, 0.15) is 239 Å². The van der Waals surface area contributed by atoms with Crippen LogP contribution in [0.15, 0.2) is 24.3 Å². The number of hydrogen-bond donors (Lipinski definition) is 7. The molecule has 15 nitrogen and oxygen atoms in total. The zero-order valence-electron chi connectivity index (χ0n) is 45.6. The minimum atomic E-state index is -1.76. The predicted octanol–water partition coefficient (Wildman–Crippen LogP) is 9.89. The molecule has 0 amide bonds. The first-order valence-electron chi connectivity index (χ1n) is 29.4. The molecule has 0 aromatic rings. The van der Waals surface area contributed by atoms with Crippen LogP contribution in [-0.2, 0) is 38.0 Å². The van der Waals surface area contributed by atoms with Crippen LogP contribution in [0, 0.1) is 0 Å². The lowest BCUT2D eigenvalue weighted by Crippen LogP contribution is -2.61. The van der Waals surface area contributed by atoms with Crippen molar-refractivity contribution < 1.29 is 73.8 Å². The lowest BCUT2D eigenvalue weighted by atomic mass is 9.98. The van der Waals surface area contributed by atoms with Crippen molar-refractivity contribution in [2.24, 2.45) is 0 Å². The predicted molar refractivity (Wildman–Crippen MR) is 284 cm³/mol. The summed E-state index contributed by atoms with van der Waals surface area (Å²) in [5, 5.41) is 72.3. The molecular weight excluding hydrogens is 937 g/mol. The van der Waals surface area contributed by atoms with Gasteiger partial charge in [-0.25, -0.2) is 0 Å². The summed E-state index contributed by atoms with van der Waals surface area (Å²) >= 11 is 0. The van der Waals surface area contributed by atoms with Gasteiger partial charge in [0.2, 0.25) is 0 Å². The molecule has 428 valence electrons. The molecule has 15 heteroatoms. The average molecular weight is 1040 g/mol. The van der Waals surface area contributed by atoms with Gasteiger partial charge >= 0.3 is 11.9 Å². The Morgan fingerprint density at radius 1 is 0.438 bits per heavy atom. The lowest BCUT2D eigenvalue weighted by molar-refractivity contribution is -0.332. The van der Waals surface area contributed by atoms with Crippen LogP contribution in [0.2, 0.25) is 0 Å². The van der Waals surface area contributed by atoms with Gasteiger partial charge in [0.15, 0.2) is 18.7 Å². The standard InChI is InChI=1S/C58H106O15/c1-3-5-7-9-11-13-15-17-19-21-22-23-25-26-28-30-32-34-36-38-40-49(60)68-43-46(71-50(61)41-39-37-35-33-31-29-27-24-20-18-16-14-12-10-8-6-4-2)44-69-57-56(67)54(65)52(63)48(73-57)45-70-58-55(66)53(64)51(62)47(42-59)72-58/h12,14,18,20,46-48,51-59,62-67H,3-11,13,15-17,19,21-45H2,1-2H3/b14-12-,20-18-. The number of allylic oxidation sites excluding steroid dienone is 4. The van der Waals surface area contributed by atoms with Crippen molar-refractivity contribution in [3.05, 3.63) is 24.3 Å². The summed E-state index contributed by atoms with van der Waals surface area (Å²) in [4.78, 5) is 25.9. The number of rotatable bonds is 47.